The maximum atomic E-state index is 9.08. The summed E-state index contributed by atoms with van der Waals surface area (Å²) in [4.78, 5) is 0. The molecule has 1 aliphatic rings. The summed E-state index contributed by atoms with van der Waals surface area (Å²) in [5, 5.41) is 12.4. The molecule has 108 valence electrons. The Balaban J connectivity index is 1.90. The van der Waals surface area contributed by atoms with Crippen LogP contribution in [0, 0.1) is 11.3 Å². The number of nitriles is 1. The second-order valence-corrected chi connectivity index (χ2v) is 4.75. The van der Waals surface area contributed by atoms with Gasteiger partial charge in [0.15, 0.2) is 11.5 Å². The Kier molecular flexibility index (Phi) is 5.08. The fourth-order valence-electron chi connectivity index (χ4n) is 1.96. The van der Waals surface area contributed by atoms with E-state index in [1.807, 2.05) is 18.2 Å². The number of benzene rings is 1. The highest BCUT2D eigenvalue weighted by atomic mass is 16.5. The van der Waals surface area contributed by atoms with Gasteiger partial charge in [-0.25, -0.2) is 0 Å². The summed E-state index contributed by atoms with van der Waals surface area (Å²) in [7, 11) is 3.18. The predicted octanol–water partition coefficient (Wildman–Crippen LogP) is 2.12. The topological polar surface area (TPSA) is 63.5 Å². The summed E-state index contributed by atoms with van der Waals surface area (Å²) >= 11 is 0. The van der Waals surface area contributed by atoms with E-state index >= 15 is 0 Å². The average molecular weight is 276 g/mol. The van der Waals surface area contributed by atoms with Crippen molar-refractivity contribution in [2.75, 3.05) is 20.8 Å². The van der Waals surface area contributed by atoms with E-state index in [1.54, 1.807) is 14.2 Å². The predicted molar refractivity (Wildman–Crippen MR) is 75.2 cm³/mol. The second kappa shape index (κ2) is 7.01. The highest BCUT2D eigenvalue weighted by Gasteiger charge is 2.24. The maximum absolute atomic E-state index is 9.08. The van der Waals surface area contributed by atoms with Crippen LogP contribution < -0.4 is 19.5 Å². The number of para-hydroxylation sites is 1. The second-order valence-electron chi connectivity index (χ2n) is 4.75. The number of ether oxygens (including phenoxy) is 3. The van der Waals surface area contributed by atoms with Crippen molar-refractivity contribution in [2.45, 2.75) is 31.3 Å². The van der Waals surface area contributed by atoms with Crippen molar-refractivity contribution in [3.63, 3.8) is 0 Å². The van der Waals surface area contributed by atoms with Gasteiger partial charge in [-0.15, -0.1) is 0 Å². The molecule has 0 spiro atoms. The van der Waals surface area contributed by atoms with Gasteiger partial charge < -0.3 is 14.2 Å². The van der Waals surface area contributed by atoms with Gasteiger partial charge in [0.1, 0.15) is 0 Å². The van der Waals surface area contributed by atoms with Crippen LogP contribution in [0.3, 0.4) is 0 Å². The molecule has 1 atom stereocenters. The van der Waals surface area contributed by atoms with Crippen LogP contribution in [-0.4, -0.2) is 32.9 Å². The molecule has 0 radical (unpaired) electrons. The number of nitrogens with one attached hydrogen (secondary N) is 1. The van der Waals surface area contributed by atoms with Crippen molar-refractivity contribution < 1.29 is 14.2 Å². The quantitative estimate of drug-likeness (QED) is 0.788. The summed E-state index contributed by atoms with van der Waals surface area (Å²) < 4.78 is 16.3. The minimum Gasteiger partial charge on any atom is -0.493 e. The molecule has 0 saturated heterocycles. The molecule has 0 aromatic heterocycles. The van der Waals surface area contributed by atoms with E-state index in [0.29, 0.717) is 36.3 Å². The summed E-state index contributed by atoms with van der Waals surface area (Å²) in [6.07, 6.45) is 2.97. The van der Waals surface area contributed by atoms with Gasteiger partial charge >= 0.3 is 0 Å². The Bertz CT molecular complexity index is 458. The normalized spacial score (nSPS) is 15.2. The first-order valence-electron chi connectivity index (χ1n) is 6.78. The molecule has 1 N–H and O–H groups in total. The molecule has 1 saturated carbocycles. The van der Waals surface area contributed by atoms with E-state index in [0.717, 1.165) is 0 Å². The molecule has 0 aliphatic heterocycles. The van der Waals surface area contributed by atoms with Crippen LogP contribution in [0.15, 0.2) is 18.2 Å². The molecular formula is C15H20N2O3. The average Bonchev–Trinajstić information content (AvgIpc) is 3.30. The number of hydrogen-bond donors (Lipinski definition) is 1. The molecular weight excluding hydrogens is 256 g/mol. The van der Waals surface area contributed by atoms with Gasteiger partial charge in [0.2, 0.25) is 5.75 Å². The molecule has 0 heterocycles. The Morgan fingerprint density at radius 1 is 1.30 bits per heavy atom. The highest BCUT2D eigenvalue weighted by molar-refractivity contribution is 5.51. The van der Waals surface area contributed by atoms with Crippen LogP contribution in [0.5, 0.6) is 17.2 Å². The van der Waals surface area contributed by atoms with E-state index < -0.39 is 0 Å². The zero-order valence-electron chi connectivity index (χ0n) is 11.9. The van der Waals surface area contributed by atoms with E-state index in [-0.39, 0.29) is 6.04 Å². The van der Waals surface area contributed by atoms with E-state index in [4.69, 9.17) is 19.5 Å². The lowest BCUT2D eigenvalue weighted by Gasteiger charge is -2.15. The summed E-state index contributed by atoms with van der Waals surface area (Å²) in [5.74, 6) is 1.85. The van der Waals surface area contributed by atoms with Crippen molar-refractivity contribution >= 4 is 0 Å². The van der Waals surface area contributed by atoms with Crippen molar-refractivity contribution in [1.29, 1.82) is 5.26 Å². The first kappa shape index (κ1) is 14.5. The fourth-order valence-corrected chi connectivity index (χ4v) is 1.96. The third-order valence-electron chi connectivity index (χ3n) is 3.21. The van der Waals surface area contributed by atoms with Crippen molar-refractivity contribution in [1.82, 2.24) is 5.32 Å². The van der Waals surface area contributed by atoms with Gasteiger partial charge in [-0.1, -0.05) is 6.07 Å². The minimum absolute atomic E-state index is 0.164. The van der Waals surface area contributed by atoms with Crippen molar-refractivity contribution in [3.05, 3.63) is 18.2 Å². The molecule has 5 heteroatoms. The Labute approximate surface area is 119 Å². The Morgan fingerprint density at radius 3 is 2.45 bits per heavy atom. The number of rotatable bonds is 8. The van der Waals surface area contributed by atoms with Gasteiger partial charge in [0.25, 0.3) is 0 Å². The minimum atomic E-state index is -0.164. The summed E-state index contributed by atoms with van der Waals surface area (Å²) in [6.45, 7) is 0.439. The Morgan fingerprint density at radius 2 is 1.95 bits per heavy atom. The number of methoxy groups -OCH3 is 2. The van der Waals surface area contributed by atoms with Crippen LogP contribution in [0.1, 0.15) is 19.3 Å². The van der Waals surface area contributed by atoms with Crippen LogP contribution in [-0.2, 0) is 0 Å². The van der Waals surface area contributed by atoms with Gasteiger partial charge in [-0.2, -0.15) is 5.26 Å². The number of hydrogen-bond acceptors (Lipinski definition) is 5. The first-order valence-corrected chi connectivity index (χ1v) is 6.78. The Hall–Kier alpha value is -1.93. The molecule has 1 aliphatic carbocycles. The van der Waals surface area contributed by atoms with Crippen molar-refractivity contribution in [3.8, 4) is 23.3 Å². The largest absolute Gasteiger partial charge is 0.493 e. The molecule has 2 rings (SSSR count). The first-order chi connectivity index (χ1) is 9.78. The zero-order valence-corrected chi connectivity index (χ0v) is 11.9. The lowest BCUT2D eigenvalue weighted by Crippen LogP contribution is -2.31. The lowest BCUT2D eigenvalue weighted by molar-refractivity contribution is 0.263. The third kappa shape index (κ3) is 3.78. The van der Waals surface area contributed by atoms with Crippen LogP contribution in [0.4, 0.5) is 0 Å². The van der Waals surface area contributed by atoms with Gasteiger partial charge in [0, 0.05) is 12.5 Å². The molecule has 1 fully saturated rings. The van der Waals surface area contributed by atoms with E-state index in [2.05, 4.69) is 11.4 Å². The summed E-state index contributed by atoms with van der Waals surface area (Å²) in [5.41, 5.74) is 0. The van der Waals surface area contributed by atoms with Crippen LogP contribution >= 0.6 is 0 Å². The van der Waals surface area contributed by atoms with Crippen LogP contribution in [0.2, 0.25) is 0 Å². The monoisotopic (exact) mass is 276 g/mol. The van der Waals surface area contributed by atoms with Gasteiger partial charge in [-0.3, -0.25) is 5.32 Å². The molecule has 5 nitrogen and oxygen atoms in total. The van der Waals surface area contributed by atoms with Crippen molar-refractivity contribution in [2.24, 2.45) is 0 Å². The molecule has 1 unspecified atom stereocenters. The number of nitrogens with zero attached hydrogens (tertiary/aromatic N) is 1. The fraction of sp³-hybridized carbons (Fsp3) is 0.533. The van der Waals surface area contributed by atoms with Gasteiger partial charge in [0.05, 0.1) is 32.9 Å². The summed E-state index contributed by atoms with van der Waals surface area (Å²) in [6, 6.07) is 8.10. The smallest absolute Gasteiger partial charge is 0.203 e. The molecule has 1 aromatic rings. The molecule has 20 heavy (non-hydrogen) atoms. The molecule has 0 bridgehead atoms. The lowest BCUT2D eigenvalue weighted by atomic mass is 10.2. The van der Waals surface area contributed by atoms with Crippen LogP contribution in [0.25, 0.3) is 0 Å². The van der Waals surface area contributed by atoms with E-state index in [9.17, 15) is 0 Å². The maximum Gasteiger partial charge on any atom is 0.203 e. The van der Waals surface area contributed by atoms with Gasteiger partial charge in [-0.05, 0) is 25.0 Å². The molecule has 1 aromatic carbocycles. The SMILES string of the molecule is COc1cccc(OC)c1OCCC(C#N)NC1CC1. The van der Waals surface area contributed by atoms with E-state index in [1.165, 1.54) is 12.8 Å². The standard InChI is InChI=1S/C15H20N2O3/c1-18-13-4-3-5-14(19-2)15(13)20-9-8-12(10-16)17-11-6-7-11/h3-5,11-12,17H,6-9H2,1-2H3. The molecule has 0 amide bonds. The zero-order chi connectivity index (χ0) is 14.4. The highest BCUT2D eigenvalue weighted by Crippen LogP contribution is 2.36. The third-order valence-corrected chi connectivity index (χ3v) is 3.21.